The third-order valence-electron chi connectivity index (χ3n) is 2.88. The highest BCUT2D eigenvalue weighted by Crippen LogP contribution is 2.11. The van der Waals surface area contributed by atoms with Gasteiger partial charge in [0.1, 0.15) is 0 Å². The zero-order chi connectivity index (χ0) is 13.5. The Labute approximate surface area is 113 Å². The van der Waals surface area contributed by atoms with Crippen LogP contribution in [-0.2, 0) is 17.7 Å². The highest BCUT2D eigenvalue weighted by atomic mass is 16.5. The molecule has 0 amide bonds. The standard InChI is InChI=1S/C14H19N3O2/c1-11-5-3-4-6-12(11)9-13-16-14(19-17-13)10-15-7-8-18-2/h3-6,15H,7-10H2,1-2H3. The van der Waals surface area contributed by atoms with Crippen molar-refractivity contribution in [1.82, 2.24) is 15.5 Å². The molecule has 1 N–H and O–H groups in total. The first kappa shape index (κ1) is 13.7. The lowest BCUT2D eigenvalue weighted by molar-refractivity contribution is 0.197. The van der Waals surface area contributed by atoms with Crippen LogP contribution in [0.15, 0.2) is 28.8 Å². The Hall–Kier alpha value is -1.72. The largest absolute Gasteiger partial charge is 0.383 e. The average molecular weight is 261 g/mol. The summed E-state index contributed by atoms with van der Waals surface area (Å²) in [5.41, 5.74) is 2.47. The van der Waals surface area contributed by atoms with E-state index in [9.17, 15) is 0 Å². The van der Waals surface area contributed by atoms with Crippen LogP contribution in [0.2, 0.25) is 0 Å². The molecule has 0 aliphatic heterocycles. The molecule has 5 nitrogen and oxygen atoms in total. The van der Waals surface area contributed by atoms with E-state index in [1.54, 1.807) is 7.11 Å². The van der Waals surface area contributed by atoms with Gasteiger partial charge in [-0.15, -0.1) is 0 Å². The molecule has 1 heterocycles. The fourth-order valence-corrected chi connectivity index (χ4v) is 1.78. The van der Waals surface area contributed by atoms with Gasteiger partial charge in [0.25, 0.3) is 0 Å². The van der Waals surface area contributed by atoms with E-state index in [4.69, 9.17) is 9.26 Å². The van der Waals surface area contributed by atoms with Crippen molar-refractivity contribution >= 4 is 0 Å². The smallest absolute Gasteiger partial charge is 0.240 e. The Morgan fingerprint density at radius 3 is 2.95 bits per heavy atom. The molecule has 2 rings (SSSR count). The molecule has 0 aliphatic carbocycles. The van der Waals surface area contributed by atoms with Crippen molar-refractivity contribution < 1.29 is 9.26 Å². The van der Waals surface area contributed by atoms with E-state index in [2.05, 4.69) is 34.5 Å². The molecule has 2 aromatic rings. The molecule has 0 spiro atoms. The van der Waals surface area contributed by atoms with E-state index in [0.29, 0.717) is 25.5 Å². The topological polar surface area (TPSA) is 60.2 Å². The van der Waals surface area contributed by atoms with E-state index in [1.807, 2.05) is 12.1 Å². The maximum Gasteiger partial charge on any atom is 0.240 e. The molecule has 0 bridgehead atoms. The van der Waals surface area contributed by atoms with Crippen molar-refractivity contribution in [3.63, 3.8) is 0 Å². The second-order valence-corrected chi connectivity index (χ2v) is 4.38. The third-order valence-corrected chi connectivity index (χ3v) is 2.88. The molecule has 0 atom stereocenters. The van der Waals surface area contributed by atoms with Crippen molar-refractivity contribution in [2.24, 2.45) is 0 Å². The van der Waals surface area contributed by atoms with Crippen LogP contribution in [-0.4, -0.2) is 30.4 Å². The van der Waals surface area contributed by atoms with Crippen molar-refractivity contribution in [3.05, 3.63) is 47.1 Å². The van der Waals surface area contributed by atoms with E-state index < -0.39 is 0 Å². The van der Waals surface area contributed by atoms with Gasteiger partial charge in [-0.05, 0) is 18.1 Å². The first-order valence-electron chi connectivity index (χ1n) is 6.35. The zero-order valence-electron chi connectivity index (χ0n) is 11.3. The molecule has 19 heavy (non-hydrogen) atoms. The van der Waals surface area contributed by atoms with Gasteiger partial charge in [0, 0.05) is 20.1 Å². The molecule has 0 fully saturated rings. The van der Waals surface area contributed by atoms with Crippen LogP contribution in [0.5, 0.6) is 0 Å². The van der Waals surface area contributed by atoms with Crippen LogP contribution in [0, 0.1) is 6.92 Å². The van der Waals surface area contributed by atoms with E-state index in [1.165, 1.54) is 11.1 Å². The lowest BCUT2D eigenvalue weighted by atomic mass is 10.1. The summed E-state index contributed by atoms with van der Waals surface area (Å²) < 4.78 is 10.1. The molecule has 1 aromatic heterocycles. The van der Waals surface area contributed by atoms with Gasteiger partial charge in [-0.3, -0.25) is 0 Å². The summed E-state index contributed by atoms with van der Waals surface area (Å²) >= 11 is 0. The van der Waals surface area contributed by atoms with E-state index in [-0.39, 0.29) is 0 Å². The number of nitrogens with zero attached hydrogens (tertiary/aromatic N) is 2. The quantitative estimate of drug-likeness (QED) is 0.769. The van der Waals surface area contributed by atoms with Crippen molar-refractivity contribution in [2.75, 3.05) is 20.3 Å². The van der Waals surface area contributed by atoms with Gasteiger partial charge in [-0.25, -0.2) is 0 Å². The SMILES string of the molecule is COCCNCc1nc(Cc2ccccc2C)no1. The summed E-state index contributed by atoms with van der Waals surface area (Å²) in [5.74, 6) is 1.33. The predicted molar refractivity (Wildman–Crippen MR) is 71.9 cm³/mol. The van der Waals surface area contributed by atoms with Gasteiger partial charge in [0.2, 0.25) is 5.89 Å². The van der Waals surface area contributed by atoms with E-state index >= 15 is 0 Å². The van der Waals surface area contributed by atoms with Gasteiger partial charge in [0.05, 0.1) is 13.2 Å². The molecule has 102 valence electrons. The number of rotatable bonds is 7. The minimum atomic E-state index is 0.574. The minimum absolute atomic E-state index is 0.574. The highest BCUT2D eigenvalue weighted by Gasteiger charge is 2.07. The van der Waals surface area contributed by atoms with Crippen LogP contribution >= 0.6 is 0 Å². The van der Waals surface area contributed by atoms with Gasteiger partial charge < -0.3 is 14.6 Å². The highest BCUT2D eigenvalue weighted by molar-refractivity contribution is 5.27. The minimum Gasteiger partial charge on any atom is -0.383 e. The monoisotopic (exact) mass is 261 g/mol. The van der Waals surface area contributed by atoms with Crippen LogP contribution in [0.3, 0.4) is 0 Å². The van der Waals surface area contributed by atoms with Crippen molar-refractivity contribution in [2.45, 2.75) is 19.9 Å². The zero-order valence-corrected chi connectivity index (χ0v) is 11.3. The van der Waals surface area contributed by atoms with Crippen LogP contribution < -0.4 is 5.32 Å². The van der Waals surface area contributed by atoms with Crippen LogP contribution in [0.1, 0.15) is 22.8 Å². The van der Waals surface area contributed by atoms with Gasteiger partial charge in [-0.1, -0.05) is 29.4 Å². The maximum absolute atomic E-state index is 5.19. The first-order chi connectivity index (χ1) is 9.29. The van der Waals surface area contributed by atoms with E-state index in [0.717, 1.165) is 12.4 Å². The number of aryl methyl sites for hydroxylation is 1. The van der Waals surface area contributed by atoms with Crippen LogP contribution in [0.4, 0.5) is 0 Å². The van der Waals surface area contributed by atoms with Crippen molar-refractivity contribution in [1.29, 1.82) is 0 Å². The normalized spacial score (nSPS) is 10.8. The van der Waals surface area contributed by atoms with Crippen molar-refractivity contribution in [3.8, 4) is 0 Å². The summed E-state index contributed by atoms with van der Waals surface area (Å²) in [6.45, 7) is 4.10. The summed E-state index contributed by atoms with van der Waals surface area (Å²) in [6, 6.07) is 8.22. The number of hydrogen-bond donors (Lipinski definition) is 1. The van der Waals surface area contributed by atoms with Gasteiger partial charge in [-0.2, -0.15) is 4.98 Å². The molecule has 0 unspecified atom stereocenters. The lowest BCUT2D eigenvalue weighted by Gasteiger charge is -2.01. The van der Waals surface area contributed by atoms with Gasteiger partial charge >= 0.3 is 0 Å². The summed E-state index contributed by atoms with van der Waals surface area (Å²) in [7, 11) is 1.68. The number of hydrogen-bond acceptors (Lipinski definition) is 5. The number of benzene rings is 1. The van der Waals surface area contributed by atoms with Crippen LogP contribution in [0.25, 0.3) is 0 Å². The molecule has 5 heteroatoms. The molecule has 0 radical (unpaired) electrons. The average Bonchev–Trinajstić information content (AvgIpc) is 2.85. The number of nitrogens with one attached hydrogen (secondary N) is 1. The molecule has 0 saturated carbocycles. The number of ether oxygens (including phenoxy) is 1. The summed E-state index contributed by atoms with van der Waals surface area (Å²) in [4.78, 5) is 4.36. The molecular weight excluding hydrogens is 242 g/mol. The first-order valence-corrected chi connectivity index (χ1v) is 6.35. The van der Waals surface area contributed by atoms with Gasteiger partial charge in [0.15, 0.2) is 5.82 Å². The Morgan fingerprint density at radius 2 is 2.16 bits per heavy atom. The lowest BCUT2D eigenvalue weighted by Crippen LogP contribution is -2.18. The molecule has 0 saturated heterocycles. The Morgan fingerprint density at radius 1 is 1.32 bits per heavy atom. The molecular formula is C14H19N3O2. The fraction of sp³-hybridized carbons (Fsp3) is 0.429. The molecule has 1 aromatic carbocycles. The number of methoxy groups -OCH3 is 1. The Kier molecular flexibility index (Phi) is 5.06. The summed E-state index contributed by atoms with van der Waals surface area (Å²) in [6.07, 6.45) is 0.703. The fourth-order valence-electron chi connectivity index (χ4n) is 1.78. The Bertz CT molecular complexity index is 511. The third kappa shape index (κ3) is 4.15. The molecule has 0 aliphatic rings. The maximum atomic E-state index is 5.19. The predicted octanol–water partition coefficient (Wildman–Crippen LogP) is 1.70. The second-order valence-electron chi connectivity index (χ2n) is 4.38. The Balaban J connectivity index is 1.89. The number of aromatic nitrogens is 2. The summed E-state index contributed by atoms with van der Waals surface area (Å²) in [5, 5.41) is 7.16. The second kappa shape index (κ2) is 7.01.